The van der Waals surface area contributed by atoms with Gasteiger partial charge >= 0.3 is 0 Å². The Morgan fingerprint density at radius 2 is 1.73 bits per heavy atom. The van der Waals surface area contributed by atoms with Crippen LogP contribution >= 0.6 is 0 Å². The van der Waals surface area contributed by atoms with E-state index in [0.717, 1.165) is 19.3 Å². The second-order valence-electron chi connectivity index (χ2n) is 8.29. The first-order chi connectivity index (χ1) is 12.2. The second-order valence-corrected chi connectivity index (χ2v) is 8.29. The van der Waals surface area contributed by atoms with Crippen LogP contribution in [-0.2, 0) is 23.7 Å². The third kappa shape index (κ3) is 4.09. The van der Waals surface area contributed by atoms with Gasteiger partial charge in [0.25, 0.3) is 0 Å². The molecule has 0 radical (unpaired) electrons. The monoisotopic (exact) mass is 368 g/mol. The largest absolute Gasteiger partial charge is 0.372 e. The van der Waals surface area contributed by atoms with Crippen molar-refractivity contribution >= 4 is 0 Å². The lowest BCUT2D eigenvalue weighted by Gasteiger charge is -2.32. The Labute approximate surface area is 156 Å². The van der Waals surface area contributed by atoms with Gasteiger partial charge < -0.3 is 28.8 Å². The van der Waals surface area contributed by atoms with Crippen LogP contribution in [0, 0.1) is 11.8 Å². The van der Waals surface area contributed by atoms with Gasteiger partial charge in [0.1, 0.15) is 12.2 Å². The molecule has 3 aliphatic heterocycles. The van der Waals surface area contributed by atoms with Gasteiger partial charge in [-0.25, -0.2) is 0 Å². The average Bonchev–Trinajstić information content (AvgIpc) is 3.13. The van der Waals surface area contributed by atoms with E-state index in [0.29, 0.717) is 6.61 Å². The van der Waals surface area contributed by atoms with Crippen LogP contribution in [0.5, 0.6) is 0 Å². The number of rotatable bonds is 5. The van der Waals surface area contributed by atoms with Gasteiger partial charge in [-0.1, -0.05) is 32.1 Å². The van der Waals surface area contributed by atoms with Crippen molar-refractivity contribution in [2.75, 3.05) is 6.61 Å². The third-order valence-electron chi connectivity index (χ3n) is 5.02. The molecule has 0 unspecified atom stereocenters. The zero-order chi connectivity index (χ0) is 19.0. The van der Waals surface area contributed by atoms with Crippen molar-refractivity contribution in [1.29, 1.82) is 0 Å². The van der Waals surface area contributed by atoms with Crippen molar-refractivity contribution in [1.82, 2.24) is 0 Å². The van der Waals surface area contributed by atoms with E-state index in [1.54, 1.807) is 13.8 Å². The highest BCUT2D eigenvalue weighted by molar-refractivity contribution is 5.26. The van der Waals surface area contributed by atoms with Crippen LogP contribution in [0.4, 0.5) is 0 Å². The van der Waals surface area contributed by atoms with Crippen molar-refractivity contribution in [3.05, 3.63) is 0 Å². The van der Waals surface area contributed by atoms with Crippen LogP contribution < -0.4 is 0 Å². The molecule has 6 heteroatoms. The van der Waals surface area contributed by atoms with Gasteiger partial charge in [-0.2, -0.15) is 0 Å². The first kappa shape index (κ1) is 20.1. The Morgan fingerprint density at radius 3 is 2.38 bits per heavy atom. The lowest BCUT2D eigenvalue weighted by molar-refractivity contribution is -0.240. The first-order valence-electron chi connectivity index (χ1n) is 9.72. The number of ether oxygens (including phenoxy) is 5. The zero-order valence-electron chi connectivity index (χ0n) is 16.5. The molecule has 0 aromatic rings. The van der Waals surface area contributed by atoms with E-state index in [4.69, 9.17) is 23.7 Å². The second kappa shape index (κ2) is 7.38. The summed E-state index contributed by atoms with van der Waals surface area (Å²) < 4.78 is 29.3. The maximum Gasteiger partial charge on any atom is 0.191 e. The summed E-state index contributed by atoms with van der Waals surface area (Å²) in [6.45, 7) is 9.82. The van der Waals surface area contributed by atoms with Crippen LogP contribution in [0.25, 0.3) is 0 Å². The van der Waals surface area contributed by atoms with Gasteiger partial charge in [0.2, 0.25) is 0 Å². The van der Waals surface area contributed by atoms with E-state index in [-0.39, 0.29) is 0 Å². The number of unbranched alkanes of at least 4 members (excludes halogenated alkanes) is 4. The van der Waals surface area contributed by atoms with E-state index in [1.165, 1.54) is 12.8 Å². The van der Waals surface area contributed by atoms with Gasteiger partial charge in [-0.3, -0.25) is 0 Å². The standard InChI is InChI=1S/C20H32O6/c1-6-7-8-9-10-11-12-20(21)15(14-13-22-18(2,3)24-14)23-17-16(20)25-19(4,5)26-17/h14-17,21H,6-10,13H2,1-5H3/t14-,15-,16+,17-,20-/m1/s1. The van der Waals surface area contributed by atoms with Gasteiger partial charge in [-0.05, 0) is 34.1 Å². The molecule has 1 N–H and O–H groups in total. The van der Waals surface area contributed by atoms with Gasteiger partial charge in [0.05, 0.1) is 6.61 Å². The zero-order valence-corrected chi connectivity index (χ0v) is 16.5. The number of hydrogen-bond donors (Lipinski definition) is 1. The molecule has 5 atom stereocenters. The predicted octanol–water partition coefficient (Wildman–Crippen LogP) is 2.72. The topological polar surface area (TPSA) is 66.4 Å². The Kier molecular flexibility index (Phi) is 5.70. The van der Waals surface area contributed by atoms with Gasteiger partial charge in [-0.15, -0.1) is 5.92 Å². The fourth-order valence-electron chi connectivity index (χ4n) is 3.76. The molecular weight excluding hydrogens is 336 g/mol. The quantitative estimate of drug-likeness (QED) is 0.595. The van der Waals surface area contributed by atoms with Crippen LogP contribution in [0.2, 0.25) is 0 Å². The Balaban J connectivity index is 1.75. The van der Waals surface area contributed by atoms with Crippen molar-refractivity contribution in [3.63, 3.8) is 0 Å². The molecule has 6 nitrogen and oxygen atoms in total. The smallest absolute Gasteiger partial charge is 0.191 e. The number of fused-ring (bicyclic) bond motifs is 1. The molecule has 0 spiro atoms. The number of aliphatic hydroxyl groups is 1. The molecule has 3 saturated heterocycles. The van der Waals surface area contributed by atoms with Gasteiger partial charge in [0, 0.05) is 6.42 Å². The fraction of sp³-hybridized carbons (Fsp3) is 0.900. The number of hydrogen-bond acceptors (Lipinski definition) is 6. The molecule has 148 valence electrons. The Morgan fingerprint density at radius 1 is 0.962 bits per heavy atom. The third-order valence-corrected chi connectivity index (χ3v) is 5.02. The molecule has 0 amide bonds. The van der Waals surface area contributed by atoms with E-state index >= 15 is 0 Å². The van der Waals surface area contributed by atoms with Crippen LogP contribution in [0.3, 0.4) is 0 Å². The van der Waals surface area contributed by atoms with Crippen molar-refractivity contribution < 1.29 is 28.8 Å². The van der Waals surface area contributed by atoms with E-state index < -0.39 is 41.8 Å². The van der Waals surface area contributed by atoms with E-state index in [9.17, 15) is 5.11 Å². The van der Waals surface area contributed by atoms with Crippen LogP contribution in [-0.4, -0.2) is 53.5 Å². The Hall–Kier alpha value is -0.680. The molecule has 0 aliphatic carbocycles. The highest BCUT2D eigenvalue weighted by Crippen LogP contribution is 2.45. The summed E-state index contributed by atoms with van der Waals surface area (Å²) >= 11 is 0. The minimum atomic E-state index is -1.49. The molecule has 3 aliphatic rings. The van der Waals surface area contributed by atoms with Crippen LogP contribution in [0.1, 0.15) is 66.7 Å². The molecule has 3 rings (SSSR count). The molecule has 0 aromatic carbocycles. The normalized spacial score (nSPS) is 40.2. The molecule has 0 aromatic heterocycles. The fourth-order valence-corrected chi connectivity index (χ4v) is 3.76. The van der Waals surface area contributed by atoms with E-state index in [1.807, 2.05) is 13.8 Å². The first-order valence-corrected chi connectivity index (χ1v) is 9.72. The summed E-state index contributed by atoms with van der Waals surface area (Å²) in [7, 11) is 0. The minimum Gasteiger partial charge on any atom is -0.372 e. The lowest BCUT2D eigenvalue weighted by Crippen LogP contribution is -2.53. The summed E-state index contributed by atoms with van der Waals surface area (Å²) in [6, 6.07) is 0. The predicted molar refractivity (Wildman–Crippen MR) is 95.1 cm³/mol. The molecule has 26 heavy (non-hydrogen) atoms. The highest BCUT2D eigenvalue weighted by atomic mass is 16.8. The lowest BCUT2D eigenvalue weighted by atomic mass is 9.89. The average molecular weight is 368 g/mol. The SMILES string of the molecule is CCCCCCC#C[C@@]1(O)[C@@H]([C@H]2COC(C)(C)O2)O[C@@H]2OC(C)(C)O[C@@H]21. The molecular formula is C20H32O6. The van der Waals surface area contributed by atoms with Gasteiger partial charge in [0.15, 0.2) is 29.6 Å². The molecule has 0 bridgehead atoms. The molecule has 3 heterocycles. The summed E-state index contributed by atoms with van der Waals surface area (Å²) in [5.74, 6) is 4.64. The van der Waals surface area contributed by atoms with Crippen molar-refractivity contribution in [3.8, 4) is 11.8 Å². The summed E-state index contributed by atoms with van der Waals surface area (Å²) in [4.78, 5) is 0. The van der Waals surface area contributed by atoms with E-state index in [2.05, 4.69) is 18.8 Å². The molecule has 3 fully saturated rings. The summed E-state index contributed by atoms with van der Waals surface area (Å²) in [6.07, 6.45) is 2.86. The van der Waals surface area contributed by atoms with Crippen molar-refractivity contribution in [2.45, 2.75) is 108 Å². The summed E-state index contributed by atoms with van der Waals surface area (Å²) in [5, 5.41) is 11.4. The van der Waals surface area contributed by atoms with Crippen LogP contribution in [0.15, 0.2) is 0 Å². The maximum atomic E-state index is 11.4. The highest BCUT2D eigenvalue weighted by Gasteiger charge is 2.65. The van der Waals surface area contributed by atoms with Crippen molar-refractivity contribution in [2.24, 2.45) is 0 Å². The minimum absolute atomic E-state index is 0.334. The maximum absolute atomic E-state index is 11.4. The molecule has 0 saturated carbocycles. The summed E-state index contributed by atoms with van der Waals surface area (Å²) in [5.41, 5.74) is -1.49. The Bertz CT molecular complexity index is 562.